The van der Waals surface area contributed by atoms with Crippen LogP contribution in [-0.2, 0) is 11.2 Å². The Hall–Kier alpha value is -2.48. The number of hydrogen-bond donors (Lipinski definition) is 2. The molecule has 0 saturated heterocycles. The highest BCUT2D eigenvalue weighted by Crippen LogP contribution is 2.31. The molecule has 0 spiro atoms. The quantitative estimate of drug-likeness (QED) is 0.757. The lowest BCUT2D eigenvalue weighted by atomic mass is 10.1. The van der Waals surface area contributed by atoms with Gasteiger partial charge in [0, 0.05) is 12.1 Å². The average molecular weight is 244 g/mol. The van der Waals surface area contributed by atoms with Crippen molar-refractivity contribution in [1.82, 2.24) is 5.32 Å². The number of para-hydroxylation sites is 1. The van der Waals surface area contributed by atoms with E-state index in [9.17, 15) is 9.59 Å². The van der Waals surface area contributed by atoms with Crippen LogP contribution in [0.5, 0.6) is 0 Å². The van der Waals surface area contributed by atoms with Gasteiger partial charge in [-0.2, -0.15) is 0 Å². The molecule has 5 nitrogen and oxygen atoms in total. The number of amides is 2. The minimum Gasteiger partial charge on any atom is -0.480 e. The molecule has 18 heavy (non-hydrogen) atoms. The largest absolute Gasteiger partial charge is 0.480 e. The maximum atomic E-state index is 11.9. The number of terminal acetylenes is 1. The van der Waals surface area contributed by atoms with E-state index in [-0.39, 0.29) is 6.54 Å². The lowest BCUT2D eigenvalue weighted by molar-refractivity contribution is -0.138. The van der Waals surface area contributed by atoms with Gasteiger partial charge in [0.25, 0.3) is 0 Å². The van der Waals surface area contributed by atoms with Gasteiger partial charge in [0.2, 0.25) is 0 Å². The number of nitrogens with zero attached hydrogens (tertiary/aromatic N) is 1. The van der Waals surface area contributed by atoms with Crippen LogP contribution < -0.4 is 10.2 Å². The van der Waals surface area contributed by atoms with Gasteiger partial charge in [0.05, 0.1) is 6.54 Å². The van der Waals surface area contributed by atoms with Gasteiger partial charge in [-0.25, -0.2) is 9.59 Å². The highest BCUT2D eigenvalue weighted by Gasteiger charge is 2.37. The Balaban J connectivity index is 2.32. The molecular weight excluding hydrogens is 232 g/mol. The molecule has 0 aromatic heterocycles. The highest BCUT2D eigenvalue weighted by atomic mass is 16.4. The van der Waals surface area contributed by atoms with Crippen molar-refractivity contribution >= 4 is 17.7 Å². The Morgan fingerprint density at radius 3 is 2.89 bits per heavy atom. The van der Waals surface area contributed by atoms with E-state index in [0.717, 1.165) is 5.56 Å². The molecule has 0 fully saturated rings. The standard InChI is InChI=1S/C13H12N2O3/c1-2-7-14-13(18)15-10-6-4-3-5-9(10)8-11(15)12(16)17/h1,3-6,11H,7-8H2,(H,14,18)(H,16,17)/t11-/m0/s1. The second-order valence-electron chi connectivity index (χ2n) is 3.92. The highest BCUT2D eigenvalue weighted by molar-refractivity contribution is 6.01. The van der Waals surface area contributed by atoms with Crippen LogP contribution in [0.4, 0.5) is 10.5 Å². The number of fused-ring (bicyclic) bond motifs is 1. The Kier molecular flexibility index (Phi) is 3.20. The monoisotopic (exact) mass is 244 g/mol. The molecule has 0 unspecified atom stereocenters. The van der Waals surface area contributed by atoms with Crippen molar-refractivity contribution in [2.24, 2.45) is 0 Å². The van der Waals surface area contributed by atoms with Crippen LogP contribution in [0.15, 0.2) is 24.3 Å². The summed E-state index contributed by atoms with van der Waals surface area (Å²) in [6.07, 6.45) is 5.38. The van der Waals surface area contributed by atoms with Gasteiger partial charge in [-0.15, -0.1) is 6.42 Å². The summed E-state index contributed by atoms with van der Waals surface area (Å²) < 4.78 is 0. The van der Waals surface area contributed by atoms with Crippen molar-refractivity contribution in [1.29, 1.82) is 0 Å². The van der Waals surface area contributed by atoms with Crippen molar-refractivity contribution in [2.75, 3.05) is 11.4 Å². The minimum absolute atomic E-state index is 0.0733. The first-order chi connectivity index (χ1) is 8.65. The van der Waals surface area contributed by atoms with E-state index in [1.54, 1.807) is 12.1 Å². The van der Waals surface area contributed by atoms with Crippen LogP contribution in [0.2, 0.25) is 0 Å². The third-order valence-corrected chi connectivity index (χ3v) is 2.82. The van der Waals surface area contributed by atoms with Crippen LogP contribution in [0.1, 0.15) is 5.56 Å². The van der Waals surface area contributed by atoms with Crippen molar-refractivity contribution in [2.45, 2.75) is 12.5 Å². The van der Waals surface area contributed by atoms with Gasteiger partial charge < -0.3 is 10.4 Å². The second-order valence-corrected chi connectivity index (χ2v) is 3.92. The molecule has 1 aromatic rings. The SMILES string of the molecule is C#CCNC(=O)N1c2ccccc2C[C@H]1C(=O)O. The molecule has 1 heterocycles. The van der Waals surface area contributed by atoms with E-state index >= 15 is 0 Å². The molecule has 5 heteroatoms. The average Bonchev–Trinajstić information content (AvgIpc) is 2.75. The summed E-state index contributed by atoms with van der Waals surface area (Å²) in [7, 11) is 0. The van der Waals surface area contributed by atoms with E-state index in [2.05, 4.69) is 11.2 Å². The van der Waals surface area contributed by atoms with Crippen molar-refractivity contribution in [3.63, 3.8) is 0 Å². The summed E-state index contributed by atoms with van der Waals surface area (Å²) in [6.45, 7) is 0.0733. The fraction of sp³-hybridized carbons (Fsp3) is 0.231. The maximum absolute atomic E-state index is 11.9. The number of carboxylic acids is 1. The number of carbonyl (C=O) groups is 2. The van der Waals surface area contributed by atoms with Gasteiger partial charge in [0.15, 0.2) is 0 Å². The fourth-order valence-electron chi connectivity index (χ4n) is 2.05. The number of carbonyl (C=O) groups excluding carboxylic acids is 1. The van der Waals surface area contributed by atoms with Crippen LogP contribution in [0.25, 0.3) is 0 Å². The minimum atomic E-state index is -1.03. The molecule has 0 radical (unpaired) electrons. The summed E-state index contributed by atoms with van der Waals surface area (Å²) in [4.78, 5) is 24.4. The second kappa shape index (κ2) is 4.80. The Morgan fingerprint density at radius 2 is 2.22 bits per heavy atom. The summed E-state index contributed by atoms with van der Waals surface area (Å²) in [5, 5.41) is 11.7. The van der Waals surface area contributed by atoms with E-state index in [4.69, 9.17) is 11.5 Å². The molecule has 1 aliphatic rings. The first kappa shape index (κ1) is 12.0. The first-order valence-electron chi connectivity index (χ1n) is 5.46. The number of nitrogens with one attached hydrogen (secondary N) is 1. The number of rotatable bonds is 2. The molecule has 0 bridgehead atoms. The smallest absolute Gasteiger partial charge is 0.327 e. The molecule has 2 amide bonds. The third kappa shape index (κ3) is 2.00. The van der Waals surface area contributed by atoms with Crippen LogP contribution in [-0.4, -0.2) is 29.7 Å². The number of carboxylic acid groups (broad SMARTS) is 1. The van der Waals surface area contributed by atoms with Crippen molar-refractivity contribution < 1.29 is 14.7 Å². The molecule has 92 valence electrons. The van der Waals surface area contributed by atoms with Crippen LogP contribution in [0.3, 0.4) is 0 Å². The Bertz CT molecular complexity index is 533. The van der Waals surface area contributed by atoms with Crippen molar-refractivity contribution in [3.8, 4) is 12.3 Å². The summed E-state index contributed by atoms with van der Waals surface area (Å²) >= 11 is 0. The number of urea groups is 1. The predicted molar refractivity (Wildman–Crippen MR) is 66.3 cm³/mol. The summed E-state index contributed by atoms with van der Waals surface area (Å²) in [6, 6.07) is 5.78. The van der Waals surface area contributed by atoms with E-state index in [1.165, 1.54) is 4.90 Å². The third-order valence-electron chi connectivity index (χ3n) is 2.82. The zero-order valence-corrected chi connectivity index (χ0v) is 9.59. The summed E-state index contributed by atoms with van der Waals surface area (Å²) in [5.41, 5.74) is 1.47. The van der Waals surface area contributed by atoms with Gasteiger partial charge in [-0.05, 0) is 11.6 Å². The predicted octanol–water partition coefficient (Wildman–Crippen LogP) is 0.845. The molecule has 2 N–H and O–H groups in total. The zero-order chi connectivity index (χ0) is 13.1. The lowest BCUT2D eigenvalue weighted by Crippen LogP contribution is -2.48. The molecule has 0 aliphatic carbocycles. The Morgan fingerprint density at radius 1 is 1.50 bits per heavy atom. The fourth-order valence-corrected chi connectivity index (χ4v) is 2.05. The molecule has 1 aliphatic heterocycles. The number of benzene rings is 1. The number of aliphatic carboxylic acids is 1. The van der Waals surface area contributed by atoms with Crippen molar-refractivity contribution in [3.05, 3.63) is 29.8 Å². The van der Waals surface area contributed by atoms with E-state index < -0.39 is 18.0 Å². The molecule has 1 aromatic carbocycles. The molecule has 1 atom stereocenters. The lowest BCUT2D eigenvalue weighted by Gasteiger charge is -2.22. The summed E-state index contributed by atoms with van der Waals surface area (Å²) in [5.74, 6) is 1.26. The van der Waals surface area contributed by atoms with Gasteiger partial charge in [0.1, 0.15) is 6.04 Å². The van der Waals surface area contributed by atoms with Gasteiger partial charge in [-0.1, -0.05) is 24.1 Å². The molecular formula is C13H12N2O3. The first-order valence-corrected chi connectivity index (χ1v) is 5.46. The van der Waals surface area contributed by atoms with E-state index in [1.807, 2.05) is 12.1 Å². The van der Waals surface area contributed by atoms with Crippen LogP contribution in [0, 0.1) is 12.3 Å². The Labute approximate surface area is 104 Å². The molecule has 0 saturated carbocycles. The van der Waals surface area contributed by atoms with E-state index in [0.29, 0.717) is 12.1 Å². The zero-order valence-electron chi connectivity index (χ0n) is 9.59. The van der Waals surface area contributed by atoms with Gasteiger partial charge >= 0.3 is 12.0 Å². The normalized spacial score (nSPS) is 16.8. The number of hydrogen-bond acceptors (Lipinski definition) is 2. The van der Waals surface area contributed by atoms with Crippen LogP contribution >= 0.6 is 0 Å². The topological polar surface area (TPSA) is 69.6 Å². The maximum Gasteiger partial charge on any atom is 0.327 e. The molecule has 2 rings (SSSR count). The number of anilines is 1. The van der Waals surface area contributed by atoms with Gasteiger partial charge in [-0.3, -0.25) is 4.90 Å².